The Balaban J connectivity index is 1.14. The van der Waals surface area contributed by atoms with Gasteiger partial charge in [-0.25, -0.2) is 4.98 Å². The highest BCUT2D eigenvalue weighted by molar-refractivity contribution is 7.12. The van der Waals surface area contributed by atoms with Gasteiger partial charge in [-0.1, -0.05) is 12.1 Å². The third kappa shape index (κ3) is 4.56. The quantitative estimate of drug-likeness (QED) is 0.474. The first-order valence-corrected chi connectivity index (χ1v) is 12.1. The number of carbonyl (C=O) groups is 2. The Morgan fingerprint density at radius 3 is 2.65 bits per heavy atom. The van der Waals surface area contributed by atoms with Gasteiger partial charge < -0.3 is 14.6 Å². The highest BCUT2D eigenvalue weighted by Gasteiger charge is 2.25. The van der Waals surface area contributed by atoms with Crippen molar-refractivity contribution in [2.75, 3.05) is 13.1 Å². The van der Waals surface area contributed by atoms with E-state index in [9.17, 15) is 9.59 Å². The normalized spacial score (nSPS) is 14.1. The van der Waals surface area contributed by atoms with Crippen LogP contribution in [0.2, 0.25) is 0 Å². The van der Waals surface area contributed by atoms with Gasteiger partial charge in [-0.05, 0) is 60.2 Å². The number of amides is 2. The number of hydrogen-bond acceptors (Lipinski definition) is 5. The highest BCUT2D eigenvalue weighted by atomic mass is 32.1. The van der Waals surface area contributed by atoms with Gasteiger partial charge in [0.25, 0.3) is 11.8 Å². The zero-order chi connectivity index (χ0) is 23.5. The summed E-state index contributed by atoms with van der Waals surface area (Å²) in [4.78, 5) is 32.0. The van der Waals surface area contributed by atoms with Crippen LogP contribution in [-0.2, 0) is 6.54 Å². The SMILES string of the molecule is N#Cc1csc(C(=O)N2CCC(c3ccc(C(=O)NCc4ccn5ccnc5c4)cc3)CC2)c1. The molecule has 0 aliphatic carbocycles. The Labute approximate surface area is 201 Å². The monoisotopic (exact) mass is 469 g/mol. The Morgan fingerprint density at radius 2 is 1.91 bits per heavy atom. The van der Waals surface area contributed by atoms with Crippen LogP contribution in [0.1, 0.15) is 55.5 Å². The molecule has 0 radical (unpaired) electrons. The van der Waals surface area contributed by atoms with E-state index in [1.165, 1.54) is 16.9 Å². The lowest BCUT2D eigenvalue weighted by Crippen LogP contribution is -2.37. The third-order valence-corrected chi connectivity index (χ3v) is 7.20. The fourth-order valence-corrected chi connectivity index (χ4v) is 5.13. The van der Waals surface area contributed by atoms with Crippen LogP contribution >= 0.6 is 11.3 Å². The minimum atomic E-state index is -0.108. The summed E-state index contributed by atoms with van der Waals surface area (Å²) in [6.07, 6.45) is 7.32. The van der Waals surface area contributed by atoms with Crippen molar-refractivity contribution >= 4 is 28.8 Å². The maximum Gasteiger partial charge on any atom is 0.263 e. The Bertz CT molecular complexity index is 1370. The van der Waals surface area contributed by atoms with Gasteiger partial charge in [0.05, 0.1) is 10.4 Å². The number of hydrogen-bond donors (Lipinski definition) is 1. The molecule has 3 aromatic heterocycles. The number of carbonyl (C=O) groups excluding carboxylic acids is 2. The van der Waals surface area contributed by atoms with Gasteiger partial charge in [-0.15, -0.1) is 11.3 Å². The summed E-state index contributed by atoms with van der Waals surface area (Å²) in [6.45, 7) is 1.81. The number of rotatable bonds is 5. The predicted molar refractivity (Wildman–Crippen MR) is 130 cm³/mol. The molecule has 0 atom stereocenters. The molecule has 1 saturated heterocycles. The lowest BCUT2D eigenvalue weighted by Gasteiger charge is -2.32. The number of nitrogens with zero attached hydrogens (tertiary/aromatic N) is 4. The molecule has 1 aliphatic rings. The van der Waals surface area contributed by atoms with Crippen molar-refractivity contribution in [2.24, 2.45) is 0 Å². The van der Waals surface area contributed by atoms with E-state index in [4.69, 9.17) is 5.26 Å². The molecule has 5 rings (SSSR count). The smallest absolute Gasteiger partial charge is 0.263 e. The molecule has 0 spiro atoms. The van der Waals surface area contributed by atoms with Crippen molar-refractivity contribution < 1.29 is 9.59 Å². The molecule has 4 aromatic rings. The molecule has 4 heterocycles. The summed E-state index contributed by atoms with van der Waals surface area (Å²) >= 11 is 1.32. The van der Waals surface area contributed by atoms with Crippen molar-refractivity contribution in [1.82, 2.24) is 19.6 Å². The summed E-state index contributed by atoms with van der Waals surface area (Å²) in [5.41, 5.74) is 4.20. The molecule has 0 unspecified atom stereocenters. The lowest BCUT2D eigenvalue weighted by molar-refractivity contribution is 0.0717. The van der Waals surface area contributed by atoms with E-state index in [0.717, 1.165) is 24.1 Å². The average molecular weight is 470 g/mol. The van der Waals surface area contributed by atoms with E-state index < -0.39 is 0 Å². The van der Waals surface area contributed by atoms with Crippen molar-refractivity contribution in [3.05, 3.63) is 93.6 Å². The largest absolute Gasteiger partial charge is 0.348 e. The second-order valence-corrected chi connectivity index (χ2v) is 9.32. The molecule has 0 bridgehead atoms. The van der Waals surface area contributed by atoms with Crippen LogP contribution in [0, 0.1) is 11.3 Å². The maximum atomic E-state index is 12.7. The highest BCUT2D eigenvalue weighted by Crippen LogP contribution is 2.29. The Kier molecular flexibility index (Phi) is 6.11. The van der Waals surface area contributed by atoms with Crippen LogP contribution < -0.4 is 5.32 Å². The van der Waals surface area contributed by atoms with Gasteiger partial charge in [0.15, 0.2) is 0 Å². The Hall–Kier alpha value is -3.96. The van der Waals surface area contributed by atoms with Crippen LogP contribution in [0.5, 0.6) is 0 Å². The second kappa shape index (κ2) is 9.49. The number of nitriles is 1. The molecule has 1 N–H and O–H groups in total. The number of fused-ring (bicyclic) bond motifs is 1. The summed E-state index contributed by atoms with van der Waals surface area (Å²) in [5.74, 6) is 0.257. The molecule has 1 aliphatic heterocycles. The minimum absolute atomic E-state index is 0.00358. The van der Waals surface area contributed by atoms with E-state index in [-0.39, 0.29) is 11.8 Å². The van der Waals surface area contributed by atoms with Gasteiger partial charge in [0.2, 0.25) is 0 Å². The van der Waals surface area contributed by atoms with Crippen LogP contribution in [0.25, 0.3) is 5.65 Å². The average Bonchev–Trinajstić information content (AvgIpc) is 3.56. The van der Waals surface area contributed by atoms with Crippen molar-refractivity contribution in [1.29, 1.82) is 5.26 Å². The van der Waals surface area contributed by atoms with Gasteiger partial charge in [0, 0.05) is 49.2 Å². The number of aromatic nitrogens is 2. The zero-order valence-electron chi connectivity index (χ0n) is 18.5. The summed E-state index contributed by atoms with van der Waals surface area (Å²) < 4.78 is 1.93. The molecule has 1 aromatic carbocycles. The molecule has 7 nitrogen and oxygen atoms in total. The predicted octanol–water partition coefficient (Wildman–Crippen LogP) is 4.22. The molecule has 2 amide bonds. The Morgan fingerprint density at radius 1 is 1.12 bits per heavy atom. The summed E-state index contributed by atoms with van der Waals surface area (Å²) in [6, 6.07) is 15.4. The molecular formula is C26H23N5O2S. The molecule has 0 saturated carbocycles. The molecule has 1 fully saturated rings. The first kappa shape index (κ1) is 21.9. The molecule has 34 heavy (non-hydrogen) atoms. The number of thiophene rings is 1. The van der Waals surface area contributed by atoms with E-state index in [2.05, 4.69) is 16.4 Å². The standard InChI is InChI=1S/C26H23N5O2S/c27-15-19-13-23(34-17-19)26(33)31-10-6-21(7-11-31)20-1-3-22(4-2-20)25(32)29-16-18-5-9-30-12-8-28-24(30)14-18/h1-5,8-9,12-14,17,21H,6-7,10-11,16H2,(H,29,32). The number of piperidine rings is 1. The van der Waals surface area contributed by atoms with E-state index in [1.54, 1.807) is 17.6 Å². The van der Waals surface area contributed by atoms with Crippen molar-refractivity contribution in [3.8, 4) is 6.07 Å². The van der Waals surface area contributed by atoms with Gasteiger partial charge in [-0.2, -0.15) is 5.26 Å². The van der Waals surface area contributed by atoms with E-state index in [0.29, 0.717) is 41.6 Å². The van der Waals surface area contributed by atoms with Crippen LogP contribution in [-0.4, -0.2) is 39.2 Å². The van der Waals surface area contributed by atoms with E-state index >= 15 is 0 Å². The van der Waals surface area contributed by atoms with Crippen molar-refractivity contribution in [3.63, 3.8) is 0 Å². The molecule has 170 valence electrons. The lowest BCUT2D eigenvalue weighted by atomic mass is 9.89. The van der Waals surface area contributed by atoms with Gasteiger partial charge in [0.1, 0.15) is 11.7 Å². The summed E-state index contributed by atoms with van der Waals surface area (Å²) in [5, 5.41) is 13.7. The van der Waals surface area contributed by atoms with E-state index in [1.807, 2.05) is 58.1 Å². The van der Waals surface area contributed by atoms with Crippen molar-refractivity contribution in [2.45, 2.75) is 25.3 Å². The maximum absolute atomic E-state index is 12.7. The van der Waals surface area contributed by atoms with Gasteiger partial charge >= 0.3 is 0 Å². The number of benzene rings is 1. The fourth-order valence-electron chi connectivity index (χ4n) is 4.33. The van der Waals surface area contributed by atoms with Gasteiger partial charge in [-0.3, -0.25) is 9.59 Å². The number of pyridine rings is 1. The number of likely N-dealkylation sites (tertiary alicyclic amines) is 1. The van der Waals surface area contributed by atoms with Crippen LogP contribution in [0.4, 0.5) is 0 Å². The number of nitrogens with one attached hydrogen (secondary N) is 1. The fraction of sp³-hybridized carbons (Fsp3) is 0.231. The van der Waals surface area contributed by atoms with Crippen LogP contribution in [0.15, 0.2) is 66.4 Å². The van der Waals surface area contributed by atoms with Crippen LogP contribution in [0.3, 0.4) is 0 Å². The number of imidazole rings is 1. The zero-order valence-corrected chi connectivity index (χ0v) is 19.3. The third-order valence-electron chi connectivity index (χ3n) is 6.28. The minimum Gasteiger partial charge on any atom is -0.348 e. The molecular weight excluding hydrogens is 446 g/mol. The molecule has 8 heteroatoms. The summed E-state index contributed by atoms with van der Waals surface area (Å²) in [7, 11) is 0. The first-order chi connectivity index (χ1) is 16.6. The topological polar surface area (TPSA) is 90.5 Å². The first-order valence-electron chi connectivity index (χ1n) is 11.2. The second-order valence-electron chi connectivity index (χ2n) is 8.41.